The lowest BCUT2D eigenvalue weighted by atomic mass is 9.87. The Morgan fingerprint density at radius 1 is 1.31 bits per heavy atom. The Hall–Kier alpha value is -1.75. The Morgan fingerprint density at radius 2 is 2.23 bits per heavy atom. The fourth-order valence-corrected chi connectivity index (χ4v) is 4.62. The second-order valence-electron chi connectivity index (χ2n) is 8.13. The number of nitrogens with one attached hydrogen (secondary N) is 1. The number of nitrogens with zero attached hydrogens (tertiary/aromatic N) is 3. The topological polar surface area (TPSA) is 40.1 Å². The standard InChI is InChI=1S/C21H32N4O/c1-3-22-20(25-11-8-21(15-25)9-12-26-16-21)23-14-17-6-7-19-18(13-17)5-4-10-24(19)2/h6-7,13H,3-5,8-12,14-16H2,1-2H3,(H,22,23). The van der Waals surface area contributed by atoms with Crippen molar-refractivity contribution >= 4 is 11.6 Å². The summed E-state index contributed by atoms with van der Waals surface area (Å²) in [4.78, 5) is 9.76. The van der Waals surface area contributed by atoms with Gasteiger partial charge in [-0.05, 0) is 49.8 Å². The van der Waals surface area contributed by atoms with Gasteiger partial charge in [-0.1, -0.05) is 12.1 Å². The number of ether oxygens (including phenoxy) is 1. The van der Waals surface area contributed by atoms with Gasteiger partial charge in [-0.2, -0.15) is 0 Å². The van der Waals surface area contributed by atoms with E-state index >= 15 is 0 Å². The van der Waals surface area contributed by atoms with Crippen LogP contribution in [-0.2, 0) is 17.7 Å². The van der Waals surface area contributed by atoms with Crippen LogP contribution in [-0.4, -0.2) is 57.3 Å². The Labute approximate surface area is 157 Å². The van der Waals surface area contributed by atoms with Crippen molar-refractivity contribution in [2.45, 2.75) is 39.2 Å². The zero-order valence-electron chi connectivity index (χ0n) is 16.3. The summed E-state index contributed by atoms with van der Waals surface area (Å²) in [5.41, 5.74) is 4.54. The summed E-state index contributed by atoms with van der Waals surface area (Å²) >= 11 is 0. The van der Waals surface area contributed by atoms with Crippen LogP contribution in [0, 0.1) is 5.41 Å². The van der Waals surface area contributed by atoms with E-state index in [2.05, 4.69) is 47.3 Å². The fourth-order valence-electron chi connectivity index (χ4n) is 4.62. The second-order valence-corrected chi connectivity index (χ2v) is 8.13. The van der Waals surface area contributed by atoms with Crippen molar-refractivity contribution in [3.63, 3.8) is 0 Å². The number of likely N-dealkylation sites (tertiary alicyclic amines) is 1. The summed E-state index contributed by atoms with van der Waals surface area (Å²) in [6, 6.07) is 6.87. The van der Waals surface area contributed by atoms with Gasteiger partial charge in [0.1, 0.15) is 0 Å². The van der Waals surface area contributed by atoms with Crippen LogP contribution in [0.4, 0.5) is 5.69 Å². The third-order valence-corrected chi connectivity index (χ3v) is 6.16. The number of benzene rings is 1. The molecule has 0 aliphatic carbocycles. The first-order valence-corrected chi connectivity index (χ1v) is 10.1. The normalized spacial score (nSPS) is 25.8. The molecule has 1 aromatic rings. The summed E-state index contributed by atoms with van der Waals surface area (Å²) in [5.74, 6) is 1.06. The molecule has 0 saturated carbocycles. The van der Waals surface area contributed by atoms with Gasteiger partial charge in [-0.25, -0.2) is 4.99 Å². The van der Waals surface area contributed by atoms with Crippen molar-refractivity contribution in [2.75, 3.05) is 51.3 Å². The molecule has 1 unspecified atom stereocenters. The molecule has 4 rings (SSSR count). The molecule has 3 aliphatic rings. The van der Waals surface area contributed by atoms with E-state index < -0.39 is 0 Å². The number of fused-ring (bicyclic) bond motifs is 1. The maximum absolute atomic E-state index is 5.67. The molecule has 2 fully saturated rings. The largest absolute Gasteiger partial charge is 0.381 e. The average molecular weight is 357 g/mol. The van der Waals surface area contributed by atoms with E-state index in [4.69, 9.17) is 9.73 Å². The molecule has 1 aromatic carbocycles. The monoisotopic (exact) mass is 356 g/mol. The van der Waals surface area contributed by atoms with Crippen molar-refractivity contribution in [3.05, 3.63) is 29.3 Å². The van der Waals surface area contributed by atoms with Crippen LogP contribution in [0.1, 0.15) is 37.3 Å². The quantitative estimate of drug-likeness (QED) is 0.668. The van der Waals surface area contributed by atoms with Crippen LogP contribution in [0.3, 0.4) is 0 Å². The number of hydrogen-bond acceptors (Lipinski definition) is 3. The number of anilines is 1. The first-order chi connectivity index (χ1) is 12.7. The molecule has 0 aromatic heterocycles. The summed E-state index contributed by atoms with van der Waals surface area (Å²) in [5, 5.41) is 3.50. The van der Waals surface area contributed by atoms with E-state index in [0.717, 1.165) is 51.9 Å². The van der Waals surface area contributed by atoms with Crippen LogP contribution < -0.4 is 10.2 Å². The lowest BCUT2D eigenvalue weighted by Crippen LogP contribution is -2.41. The fraction of sp³-hybridized carbons (Fsp3) is 0.667. The molecule has 0 bridgehead atoms. The van der Waals surface area contributed by atoms with Gasteiger partial charge in [0.2, 0.25) is 0 Å². The third-order valence-electron chi connectivity index (χ3n) is 6.16. The van der Waals surface area contributed by atoms with Crippen LogP contribution in [0.15, 0.2) is 23.2 Å². The molecular weight excluding hydrogens is 324 g/mol. The van der Waals surface area contributed by atoms with Gasteiger partial charge in [0.05, 0.1) is 13.2 Å². The summed E-state index contributed by atoms with van der Waals surface area (Å²) in [6.45, 7) is 8.97. The van der Waals surface area contributed by atoms with Gasteiger partial charge in [0.15, 0.2) is 5.96 Å². The van der Waals surface area contributed by atoms with E-state index in [1.807, 2.05) is 0 Å². The molecule has 2 saturated heterocycles. The minimum atomic E-state index is 0.368. The minimum absolute atomic E-state index is 0.368. The number of hydrogen-bond donors (Lipinski definition) is 1. The Balaban J connectivity index is 1.46. The maximum atomic E-state index is 5.67. The zero-order chi connectivity index (χ0) is 18.0. The van der Waals surface area contributed by atoms with E-state index in [9.17, 15) is 0 Å². The smallest absolute Gasteiger partial charge is 0.194 e. The van der Waals surface area contributed by atoms with E-state index in [1.54, 1.807) is 0 Å². The van der Waals surface area contributed by atoms with Gasteiger partial charge < -0.3 is 19.9 Å². The van der Waals surface area contributed by atoms with Gasteiger partial charge >= 0.3 is 0 Å². The van der Waals surface area contributed by atoms with E-state index in [1.165, 1.54) is 42.5 Å². The predicted octanol–water partition coefficient (Wildman–Crippen LogP) is 2.65. The van der Waals surface area contributed by atoms with Gasteiger partial charge in [-0.15, -0.1) is 0 Å². The number of guanidine groups is 1. The second kappa shape index (κ2) is 7.47. The molecule has 0 amide bonds. The van der Waals surface area contributed by atoms with Crippen LogP contribution >= 0.6 is 0 Å². The molecule has 1 spiro atoms. The number of rotatable bonds is 3. The molecule has 1 atom stereocenters. The first kappa shape index (κ1) is 17.7. The molecule has 0 radical (unpaired) electrons. The highest BCUT2D eigenvalue weighted by molar-refractivity contribution is 5.80. The third kappa shape index (κ3) is 3.54. The van der Waals surface area contributed by atoms with Crippen molar-refractivity contribution in [3.8, 4) is 0 Å². The summed E-state index contributed by atoms with van der Waals surface area (Å²) in [6.07, 6.45) is 4.85. The molecule has 1 N–H and O–H groups in total. The summed E-state index contributed by atoms with van der Waals surface area (Å²) in [7, 11) is 2.19. The Bertz CT molecular complexity index is 666. The average Bonchev–Trinajstić information content (AvgIpc) is 3.29. The van der Waals surface area contributed by atoms with Crippen LogP contribution in [0.25, 0.3) is 0 Å². The SMILES string of the molecule is CCNC(=NCc1ccc2c(c1)CCCN2C)N1CCC2(CCOC2)C1. The zero-order valence-corrected chi connectivity index (χ0v) is 16.3. The highest BCUT2D eigenvalue weighted by Gasteiger charge is 2.42. The number of aliphatic imine (C=N–C) groups is 1. The van der Waals surface area contributed by atoms with Crippen LogP contribution in [0.2, 0.25) is 0 Å². The Kier molecular flexibility index (Phi) is 5.07. The van der Waals surface area contributed by atoms with Crippen molar-refractivity contribution in [2.24, 2.45) is 10.4 Å². The van der Waals surface area contributed by atoms with Gasteiger partial charge in [0, 0.05) is 50.9 Å². The van der Waals surface area contributed by atoms with Gasteiger partial charge in [0.25, 0.3) is 0 Å². The lowest BCUT2D eigenvalue weighted by Gasteiger charge is -2.28. The molecule has 3 aliphatic heterocycles. The molecule has 142 valence electrons. The molecular formula is C21H32N4O. The van der Waals surface area contributed by atoms with E-state index in [-0.39, 0.29) is 0 Å². The lowest BCUT2D eigenvalue weighted by molar-refractivity contribution is 0.156. The minimum Gasteiger partial charge on any atom is -0.381 e. The Morgan fingerprint density at radius 3 is 3.04 bits per heavy atom. The molecule has 5 nitrogen and oxygen atoms in total. The molecule has 26 heavy (non-hydrogen) atoms. The predicted molar refractivity (Wildman–Crippen MR) is 107 cm³/mol. The van der Waals surface area contributed by atoms with E-state index in [0.29, 0.717) is 5.41 Å². The van der Waals surface area contributed by atoms with Gasteiger partial charge in [-0.3, -0.25) is 0 Å². The molecule has 5 heteroatoms. The van der Waals surface area contributed by atoms with Crippen molar-refractivity contribution in [1.82, 2.24) is 10.2 Å². The van der Waals surface area contributed by atoms with Crippen molar-refractivity contribution in [1.29, 1.82) is 0 Å². The maximum Gasteiger partial charge on any atom is 0.194 e. The molecule has 3 heterocycles. The number of aryl methyl sites for hydroxylation is 1. The van der Waals surface area contributed by atoms with Crippen molar-refractivity contribution < 1.29 is 4.74 Å². The van der Waals surface area contributed by atoms with Crippen LogP contribution in [0.5, 0.6) is 0 Å². The summed E-state index contributed by atoms with van der Waals surface area (Å²) < 4.78 is 5.67. The highest BCUT2D eigenvalue weighted by atomic mass is 16.5. The first-order valence-electron chi connectivity index (χ1n) is 10.1. The highest BCUT2D eigenvalue weighted by Crippen LogP contribution is 2.38.